The molecular weight excluding hydrogens is 252 g/mol. The van der Waals surface area contributed by atoms with Gasteiger partial charge in [-0.15, -0.1) is 0 Å². The van der Waals surface area contributed by atoms with Gasteiger partial charge >= 0.3 is 0 Å². The Morgan fingerprint density at radius 3 is 2.50 bits per heavy atom. The average Bonchev–Trinajstić information content (AvgIpc) is 2.81. The van der Waals surface area contributed by atoms with E-state index in [0.717, 1.165) is 11.5 Å². The van der Waals surface area contributed by atoms with Crippen LogP contribution in [0, 0.1) is 6.92 Å². The highest BCUT2D eigenvalue weighted by Gasteiger charge is 2.21. The van der Waals surface area contributed by atoms with Gasteiger partial charge < -0.3 is 15.1 Å². The van der Waals surface area contributed by atoms with Gasteiger partial charge in [0.1, 0.15) is 11.5 Å². The first-order chi connectivity index (χ1) is 9.49. The molecule has 1 aromatic heterocycles. The minimum Gasteiger partial charge on any atom is -0.464 e. The number of nitrogens with zero attached hydrogens (tertiary/aromatic N) is 1. The topological polar surface area (TPSA) is 59.5 Å². The second-order valence-corrected chi connectivity index (χ2v) is 5.13. The molecule has 0 atom stereocenters. The fraction of sp³-hybridized carbons (Fsp3) is 0.312. The number of anilines is 1. The monoisotopic (exact) mass is 272 g/mol. The Kier molecular flexibility index (Phi) is 4.13. The number of amides is 1. The number of nitrogen functional groups attached to an aromatic ring is 1. The molecular formula is C16H20N2O2. The maximum Gasteiger partial charge on any atom is 0.256 e. The molecule has 0 saturated heterocycles. The molecule has 20 heavy (non-hydrogen) atoms. The van der Waals surface area contributed by atoms with Crippen LogP contribution in [0.25, 0.3) is 0 Å². The molecule has 106 valence electrons. The summed E-state index contributed by atoms with van der Waals surface area (Å²) < 4.78 is 5.56. The van der Waals surface area contributed by atoms with Gasteiger partial charge in [0.2, 0.25) is 0 Å². The molecule has 1 heterocycles. The van der Waals surface area contributed by atoms with Crippen LogP contribution in [0.3, 0.4) is 0 Å². The number of hydrogen-bond acceptors (Lipinski definition) is 3. The molecule has 1 aromatic carbocycles. The summed E-state index contributed by atoms with van der Waals surface area (Å²) in [5.41, 5.74) is 6.92. The molecule has 4 nitrogen and oxygen atoms in total. The third-order valence-electron chi connectivity index (χ3n) is 3.20. The second kappa shape index (κ2) is 5.82. The van der Waals surface area contributed by atoms with Gasteiger partial charge in [0.15, 0.2) is 0 Å². The van der Waals surface area contributed by atoms with E-state index in [1.165, 1.54) is 0 Å². The van der Waals surface area contributed by atoms with E-state index in [9.17, 15) is 4.79 Å². The van der Waals surface area contributed by atoms with Crippen molar-refractivity contribution in [2.24, 2.45) is 0 Å². The Morgan fingerprint density at radius 2 is 1.95 bits per heavy atom. The third kappa shape index (κ3) is 3.02. The van der Waals surface area contributed by atoms with E-state index in [4.69, 9.17) is 10.2 Å². The van der Waals surface area contributed by atoms with Crippen LogP contribution in [0.2, 0.25) is 0 Å². The number of carbonyl (C=O) groups is 1. The van der Waals surface area contributed by atoms with E-state index in [0.29, 0.717) is 17.8 Å². The molecule has 1 amide bonds. The number of furan rings is 1. The zero-order valence-corrected chi connectivity index (χ0v) is 12.1. The molecule has 0 saturated carbocycles. The molecule has 0 aliphatic heterocycles. The maximum atomic E-state index is 12.6. The summed E-state index contributed by atoms with van der Waals surface area (Å²) >= 11 is 0. The number of hydrogen-bond donors (Lipinski definition) is 1. The van der Waals surface area contributed by atoms with Gasteiger partial charge in [-0.3, -0.25) is 4.79 Å². The predicted molar refractivity (Wildman–Crippen MR) is 79.3 cm³/mol. The smallest absolute Gasteiger partial charge is 0.256 e. The van der Waals surface area contributed by atoms with Crippen molar-refractivity contribution in [2.45, 2.75) is 33.4 Å². The summed E-state index contributed by atoms with van der Waals surface area (Å²) in [6.07, 6.45) is 0. The van der Waals surface area contributed by atoms with E-state index in [-0.39, 0.29) is 11.9 Å². The normalized spacial score (nSPS) is 10.8. The molecule has 2 N–H and O–H groups in total. The third-order valence-corrected chi connectivity index (χ3v) is 3.20. The van der Waals surface area contributed by atoms with Crippen molar-refractivity contribution < 1.29 is 9.21 Å². The SMILES string of the molecule is Cc1ccc(CN(C(=O)c2ccccc2N)C(C)C)o1. The predicted octanol–water partition coefficient (Wildman–Crippen LogP) is 3.22. The lowest BCUT2D eigenvalue weighted by atomic mass is 10.1. The van der Waals surface area contributed by atoms with Crippen molar-refractivity contribution in [3.05, 3.63) is 53.5 Å². The number of nitrogens with two attached hydrogens (primary N) is 1. The number of benzene rings is 1. The molecule has 0 unspecified atom stereocenters. The Labute approximate surface area is 119 Å². The van der Waals surface area contributed by atoms with Crippen LogP contribution in [0.15, 0.2) is 40.8 Å². The minimum atomic E-state index is -0.0767. The average molecular weight is 272 g/mol. The number of aryl methyl sites for hydroxylation is 1. The molecule has 0 aliphatic rings. The Balaban J connectivity index is 2.25. The van der Waals surface area contributed by atoms with Crippen molar-refractivity contribution >= 4 is 11.6 Å². The summed E-state index contributed by atoms with van der Waals surface area (Å²) in [6.45, 7) is 6.29. The van der Waals surface area contributed by atoms with Crippen molar-refractivity contribution in [2.75, 3.05) is 5.73 Å². The highest BCUT2D eigenvalue weighted by molar-refractivity contribution is 5.99. The van der Waals surface area contributed by atoms with E-state index in [2.05, 4.69) is 0 Å². The van der Waals surface area contributed by atoms with Crippen LogP contribution in [-0.4, -0.2) is 16.8 Å². The Morgan fingerprint density at radius 1 is 1.25 bits per heavy atom. The van der Waals surface area contributed by atoms with Crippen LogP contribution in [0.4, 0.5) is 5.69 Å². The first kappa shape index (κ1) is 14.2. The fourth-order valence-electron chi connectivity index (χ4n) is 2.07. The molecule has 0 bridgehead atoms. The van der Waals surface area contributed by atoms with Crippen molar-refractivity contribution in [3.63, 3.8) is 0 Å². The summed E-state index contributed by atoms with van der Waals surface area (Å²) in [5, 5.41) is 0. The lowest BCUT2D eigenvalue weighted by molar-refractivity contribution is 0.0676. The van der Waals surface area contributed by atoms with E-state index >= 15 is 0 Å². The van der Waals surface area contributed by atoms with Gasteiger partial charge in [-0.25, -0.2) is 0 Å². The number of carbonyl (C=O) groups excluding carboxylic acids is 1. The summed E-state index contributed by atoms with van der Waals surface area (Å²) in [6, 6.07) is 11.0. The molecule has 0 aliphatic carbocycles. The van der Waals surface area contributed by atoms with E-state index < -0.39 is 0 Å². The summed E-state index contributed by atoms with van der Waals surface area (Å²) in [5.74, 6) is 1.54. The zero-order valence-electron chi connectivity index (χ0n) is 12.1. The van der Waals surface area contributed by atoms with Gasteiger partial charge in [-0.05, 0) is 45.0 Å². The first-order valence-electron chi connectivity index (χ1n) is 6.70. The Hall–Kier alpha value is -2.23. The highest BCUT2D eigenvalue weighted by Crippen LogP contribution is 2.18. The van der Waals surface area contributed by atoms with Gasteiger partial charge in [0, 0.05) is 11.7 Å². The molecule has 2 aromatic rings. The molecule has 0 fully saturated rings. The Bertz CT molecular complexity index is 602. The molecule has 0 radical (unpaired) electrons. The largest absolute Gasteiger partial charge is 0.464 e. The van der Waals surface area contributed by atoms with Crippen LogP contribution >= 0.6 is 0 Å². The quantitative estimate of drug-likeness (QED) is 0.869. The van der Waals surface area contributed by atoms with Crippen LogP contribution in [-0.2, 0) is 6.54 Å². The van der Waals surface area contributed by atoms with Crippen molar-refractivity contribution in [1.29, 1.82) is 0 Å². The van der Waals surface area contributed by atoms with E-state index in [1.807, 2.05) is 45.0 Å². The van der Waals surface area contributed by atoms with E-state index in [1.54, 1.807) is 17.0 Å². The van der Waals surface area contributed by atoms with Gasteiger partial charge in [0.25, 0.3) is 5.91 Å². The van der Waals surface area contributed by atoms with Crippen molar-refractivity contribution in [3.8, 4) is 0 Å². The number of para-hydroxylation sites is 1. The highest BCUT2D eigenvalue weighted by atomic mass is 16.3. The standard InChI is InChI=1S/C16H20N2O2/c1-11(2)18(10-13-9-8-12(3)20-13)16(19)14-6-4-5-7-15(14)17/h4-9,11H,10,17H2,1-3H3. The van der Waals surface area contributed by atoms with Crippen molar-refractivity contribution in [1.82, 2.24) is 4.90 Å². The molecule has 4 heteroatoms. The zero-order chi connectivity index (χ0) is 14.7. The fourth-order valence-corrected chi connectivity index (χ4v) is 2.07. The van der Waals surface area contributed by atoms with Crippen LogP contribution in [0.1, 0.15) is 35.7 Å². The van der Waals surface area contributed by atoms with Crippen LogP contribution in [0.5, 0.6) is 0 Å². The van der Waals surface area contributed by atoms with Crippen LogP contribution < -0.4 is 5.73 Å². The lowest BCUT2D eigenvalue weighted by Crippen LogP contribution is -2.36. The number of rotatable bonds is 4. The van der Waals surface area contributed by atoms with Gasteiger partial charge in [0.05, 0.1) is 12.1 Å². The summed E-state index contributed by atoms with van der Waals surface area (Å²) in [4.78, 5) is 14.4. The molecule has 0 spiro atoms. The minimum absolute atomic E-state index is 0.0625. The lowest BCUT2D eigenvalue weighted by Gasteiger charge is -2.26. The van der Waals surface area contributed by atoms with Gasteiger partial charge in [-0.2, -0.15) is 0 Å². The molecule has 2 rings (SSSR count). The maximum absolute atomic E-state index is 12.6. The summed E-state index contributed by atoms with van der Waals surface area (Å²) in [7, 11) is 0. The second-order valence-electron chi connectivity index (χ2n) is 5.13. The van der Waals surface area contributed by atoms with Gasteiger partial charge in [-0.1, -0.05) is 12.1 Å². The first-order valence-corrected chi connectivity index (χ1v) is 6.70.